The molecule has 3 atom stereocenters. The minimum absolute atomic E-state index is 0.0602. The highest BCUT2D eigenvalue weighted by atomic mass is 16.8. The second kappa shape index (κ2) is 12.2. The van der Waals surface area contributed by atoms with Gasteiger partial charge in [-0.05, 0) is 80.2 Å². The first kappa shape index (κ1) is 30.4. The molecule has 0 saturated carbocycles. The summed E-state index contributed by atoms with van der Waals surface area (Å²) < 4.78 is 20.6. The van der Waals surface area contributed by atoms with E-state index in [2.05, 4.69) is 29.3 Å². The molecule has 37 heavy (non-hydrogen) atoms. The normalized spacial score (nSPS) is 19.6. The highest BCUT2D eigenvalue weighted by Gasteiger charge is 2.40. The minimum atomic E-state index is -1.10. The average Bonchev–Trinajstić information content (AvgIpc) is 3.10. The average molecular weight is 521 g/mol. The van der Waals surface area contributed by atoms with Crippen LogP contribution in [0.3, 0.4) is 0 Å². The Balaban J connectivity index is 2.07. The van der Waals surface area contributed by atoms with Crippen LogP contribution >= 0.6 is 0 Å². The van der Waals surface area contributed by atoms with Crippen molar-refractivity contribution in [2.45, 2.75) is 104 Å². The van der Waals surface area contributed by atoms with E-state index in [1.807, 2.05) is 39.0 Å². The van der Waals surface area contributed by atoms with Gasteiger partial charge in [-0.25, -0.2) is 14.4 Å². The summed E-state index contributed by atoms with van der Waals surface area (Å²) in [6.07, 6.45) is -1.32. The number of amides is 1. The predicted octanol–water partition coefficient (Wildman–Crippen LogP) is 6.22. The molecule has 1 aromatic rings. The van der Waals surface area contributed by atoms with Crippen molar-refractivity contribution in [1.29, 1.82) is 0 Å². The molecule has 0 aromatic heterocycles. The second-order valence-electron chi connectivity index (χ2n) is 12.3. The number of likely N-dealkylation sites (tertiary alicyclic amines) is 1. The van der Waals surface area contributed by atoms with E-state index >= 15 is 0 Å². The van der Waals surface area contributed by atoms with Crippen LogP contribution in [0.4, 0.5) is 14.4 Å². The Morgan fingerprint density at radius 1 is 0.919 bits per heavy atom. The summed E-state index contributed by atoms with van der Waals surface area (Å²) in [4.78, 5) is 38.7. The Morgan fingerprint density at radius 3 is 2.05 bits per heavy atom. The van der Waals surface area contributed by atoms with E-state index in [0.717, 1.165) is 13.0 Å². The molecule has 0 spiro atoms. The summed E-state index contributed by atoms with van der Waals surface area (Å²) in [5, 5.41) is 2.89. The summed E-state index contributed by atoms with van der Waals surface area (Å²) in [5.41, 5.74) is -1.08. The number of hydrogen-bond donors (Lipinski definition) is 1. The van der Waals surface area contributed by atoms with E-state index in [0.29, 0.717) is 13.0 Å². The van der Waals surface area contributed by atoms with Gasteiger partial charge in [0.15, 0.2) is 0 Å². The molecule has 1 aliphatic rings. The predicted molar refractivity (Wildman–Crippen MR) is 140 cm³/mol. The number of nitrogens with one attached hydrogen (secondary N) is 1. The van der Waals surface area contributed by atoms with E-state index in [9.17, 15) is 14.4 Å². The van der Waals surface area contributed by atoms with E-state index in [-0.39, 0.29) is 18.0 Å². The van der Waals surface area contributed by atoms with Crippen molar-refractivity contribution in [2.24, 2.45) is 5.92 Å². The highest BCUT2D eigenvalue weighted by molar-refractivity contribution is 5.77. The molecule has 208 valence electrons. The Labute approximate surface area is 221 Å². The van der Waals surface area contributed by atoms with E-state index in [1.54, 1.807) is 34.6 Å². The van der Waals surface area contributed by atoms with E-state index in [4.69, 9.17) is 18.9 Å². The van der Waals surface area contributed by atoms with Crippen LogP contribution in [0.25, 0.3) is 0 Å². The fraction of sp³-hybridized carbons (Fsp3) is 0.679. The quantitative estimate of drug-likeness (QED) is 0.257. The molecule has 1 heterocycles. The molecular formula is C28H44N2O7. The molecule has 9 heteroatoms. The van der Waals surface area contributed by atoms with Crippen LogP contribution in [-0.4, -0.2) is 59.2 Å². The lowest BCUT2D eigenvalue weighted by Crippen LogP contribution is -2.40. The van der Waals surface area contributed by atoms with Crippen LogP contribution in [0.1, 0.15) is 86.8 Å². The maximum absolute atomic E-state index is 12.3. The van der Waals surface area contributed by atoms with Crippen molar-refractivity contribution < 1.29 is 33.3 Å². The lowest BCUT2D eigenvalue weighted by molar-refractivity contribution is -0.0433. The van der Waals surface area contributed by atoms with Gasteiger partial charge < -0.3 is 24.3 Å². The van der Waals surface area contributed by atoms with Crippen molar-refractivity contribution in [1.82, 2.24) is 10.2 Å². The number of rotatable bonds is 7. The van der Waals surface area contributed by atoms with Gasteiger partial charge >= 0.3 is 18.4 Å². The maximum atomic E-state index is 12.3. The zero-order chi connectivity index (χ0) is 28.0. The first-order valence-corrected chi connectivity index (χ1v) is 12.9. The van der Waals surface area contributed by atoms with Gasteiger partial charge in [0.2, 0.25) is 0 Å². The van der Waals surface area contributed by atoms with Crippen molar-refractivity contribution in [3.63, 3.8) is 0 Å². The van der Waals surface area contributed by atoms with E-state index in [1.165, 1.54) is 5.56 Å². The molecule has 2 rings (SSSR count). The summed E-state index contributed by atoms with van der Waals surface area (Å²) >= 11 is 0. The lowest BCUT2D eigenvalue weighted by atomic mass is 9.94. The molecule has 0 aliphatic carbocycles. The van der Waals surface area contributed by atoms with Gasteiger partial charge in [-0.1, -0.05) is 30.3 Å². The van der Waals surface area contributed by atoms with Crippen LogP contribution in [-0.2, 0) is 18.9 Å². The molecule has 0 bridgehead atoms. The third kappa shape index (κ3) is 11.0. The fourth-order valence-corrected chi connectivity index (χ4v) is 4.52. The summed E-state index contributed by atoms with van der Waals surface area (Å²) in [5.74, 6) is 0.188. The SMILES string of the molecule is C[C@@H](c1ccccc1)N1C[C@@H](CNC(=O)OC(C)(C)C)CC1CC(C)(C)OC(=O)OC(=O)OC(C)(C)C. The molecule has 1 fully saturated rings. The van der Waals surface area contributed by atoms with Gasteiger partial charge in [0.25, 0.3) is 0 Å². The topological polar surface area (TPSA) is 103 Å². The molecule has 1 saturated heterocycles. The summed E-state index contributed by atoms with van der Waals surface area (Å²) in [6, 6.07) is 10.4. The Morgan fingerprint density at radius 2 is 1.49 bits per heavy atom. The first-order valence-electron chi connectivity index (χ1n) is 12.9. The zero-order valence-electron chi connectivity index (χ0n) is 23.8. The second-order valence-corrected chi connectivity index (χ2v) is 12.3. The number of carbonyl (C=O) groups is 3. The maximum Gasteiger partial charge on any atom is 0.519 e. The summed E-state index contributed by atoms with van der Waals surface area (Å²) in [6.45, 7) is 17.5. The number of alkyl carbamates (subject to hydrolysis) is 1. The smallest absolute Gasteiger partial charge is 0.444 e. The summed E-state index contributed by atoms with van der Waals surface area (Å²) in [7, 11) is 0. The number of benzene rings is 1. The number of hydrogen-bond acceptors (Lipinski definition) is 8. The van der Waals surface area contributed by atoms with Gasteiger partial charge in [-0.15, -0.1) is 0 Å². The molecule has 1 aliphatic heterocycles. The van der Waals surface area contributed by atoms with Gasteiger partial charge in [0.05, 0.1) is 0 Å². The molecule has 1 unspecified atom stereocenters. The van der Waals surface area contributed by atoms with Crippen molar-refractivity contribution in [3.8, 4) is 0 Å². The lowest BCUT2D eigenvalue weighted by Gasteiger charge is -2.35. The highest BCUT2D eigenvalue weighted by Crippen LogP contribution is 2.36. The van der Waals surface area contributed by atoms with Crippen LogP contribution in [0.15, 0.2) is 30.3 Å². The molecule has 0 radical (unpaired) electrons. The largest absolute Gasteiger partial charge is 0.519 e. The number of nitrogens with zero attached hydrogens (tertiary/aromatic N) is 1. The Kier molecular flexibility index (Phi) is 9.99. The number of carbonyl (C=O) groups excluding carboxylic acids is 3. The van der Waals surface area contributed by atoms with Crippen molar-refractivity contribution in [2.75, 3.05) is 13.1 Å². The molecule has 9 nitrogen and oxygen atoms in total. The van der Waals surface area contributed by atoms with Crippen LogP contribution in [0.2, 0.25) is 0 Å². The monoisotopic (exact) mass is 520 g/mol. The van der Waals surface area contributed by atoms with Crippen molar-refractivity contribution >= 4 is 18.4 Å². The van der Waals surface area contributed by atoms with Gasteiger partial charge in [0.1, 0.15) is 16.8 Å². The van der Waals surface area contributed by atoms with Crippen LogP contribution in [0, 0.1) is 5.92 Å². The third-order valence-electron chi connectivity index (χ3n) is 5.90. The van der Waals surface area contributed by atoms with E-state index < -0.39 is 35.2 Å². The van der Waals surface area contributed by atoms with Gasteiger partial charge in [-0.3, -0.25) is 4.90 Å². The Bertz CT molecular complexity index is 919. The zero-order valence-corrected chi connectivity index (χ0v) is 23.8. The van der Waals surface area contributed by atoms with Gasteiger partial charge in [0, 0.05) is 31.6 Å². The molecule has 1 aromatic carbocycles. The number of ether oxygens (including phenoxy) is 4. The fourth-order valence-electron chi connectivity index (χ4n) is 4.52. The Hall–Kier alpha value is -2.81. The molecule has 1 amide bonds. The molecular weight excluding hydrogens is 476 g/mol. The molecule has 1 N–H and O–H groups in total. The van der Waals surface area contributed by atoms with Crippen LogP contribution < -0.4 is 5.32 Å². The third-order valence-corrected chi connectivity index (χ3v) is 5.90. The van der Waals surface area contributed by atoms with Crippen LogP contribution in [0.5, 0.6) is 0 Å². The van der Waals surface area contributed by atoms with Gasteiger partial charge in [-0.2, -0.15) is 0 Å². The first-order chi connectivity index (χ1) is 16.9. The van der Waals surface area contributed by atoms with Crippen molar-refractivity contribution in [3.05, 3.63) is 35.9 Å². The minimum Gasteiger partial charge on any atom is -0.444 e. The standard InChI is InChI=1S/C28H44N2O7/c1-19(21-13-11-10-12-14-21)30-18-20(17-29-23(31)35-26(2,3)4)15-22(30)16-28(8,9)37-25(33)34-24(32)36-27(5,6)7/h10-14,19-20,22H,15-18H2,1-9H3,(H,29,31)/t19-,20+,22?/m0/s1.